The molecule has 1 N–H and O–H groups in total. The first-order chi connectivity index (χ1) is 17.5. The molecule has 37 heavy (non-hydrogen) atoms. The smallest absolute Gasteiger partial charge is 0.410 e. The van der Waals surface area contributed by atoms with E-state index in [0.29, 0.717) is 37.3 Å². The predicted molar refractivity (Wildman–Crippen MR) is 144 cm³/mol. The zero-order valence-electron chi connectivity index (χ0n) is 22.2. The van der Waals surface area contributed by atoms with Crippen molar-refractivity contribution in [3.8, 4) is 0 Å². The van der Waals surface area contributed by atoms with E-state index in [0.717, 1.165) is 33.2 Å². The van der Waals surface area contributed by atoms with Crippen LogP contribution < -0.4 is 10.2 Å². The van der Waals surface area contributed by atoms with Crippen molar-refractivity contribution < 1.29 is 14.3 Å². The summed E-state index contributed by atoms with van der Waals surface area (Å²) in [5, 5.41) is 14.0. The van der Waals surface area contributed by atoms with Gasteiger partial charge >= 0.3 is 6.09 Å². The second kappa shape index (κ2) is 9.10. The van der Waals surface area contributed by atoms with Gasteiger partial charge in [0.1, 0.15) is 11.1 Å². The molecule has 0 saturated carbocycles. The summed E-state index contributed by atoms with van der Waals surface area (Å²) in [5.74, 6) is -0.215. The number of benzene rings is 2. The monoisotopic (exact) mass is 503 g/mol. The number of nitrogens with zero attached hydrogens (tertiary/aromatic N) is 6. The number of ether oxygens (including phenoxy) is 1. The Bertz CT molecular complexity index is 1500. The standard InChI is InChI=1S/C27H33N7O3/c1-17-13-19(14-18-15-31(5)29-23(17)18)28-25(35)20-7-8-22(21-16-32(6)30-24(20)21)33-9-11-34(12-10-33)26(36)37-27(2,3)4/h7-8,13-16H,9-12H2,1-6H3,(H,28,35). The van der Waals surface area contributed by atoms with Crippen molar-refractivity contribution in [2.75, 3.05) is 36.4 Å². The second-order valence-corrected chi connectivity index (χ2v) is 10.6. The van der Waals surface area contributed by atoms with Gasteiger partial charge in [-0.1, -0.05) is 0 Å². The highest BCUT2D eigenvalue weighted by Crippen LogP contribution is 2.31. The molecule has 2 aromatic heterocycles. The minimum absolute atomic E-state index is 0.215. The summed E-state index contributed by atoms with van der Waals surface area (Å²) in [4.78, 5) is 29.8. The van der Waals surface area contributed by atoms with E-state index in [2.05, 4.69) is 20.4 Å². The van der Waals surface area contributed by atoms with Crippen LogP contribution >= 0.6 is 0 Å². The van der Waals surface area contributed by atoms with Gasteiger partial charge < -0.3 is 19.9 Å². The number of anilines is 2. The van der Waals surface area contributed by atoms with Gasteiger partial charge in [-0.3, -0.25) is 14.2 Å². The van der Waals surface area contributed by atoms with Crippen molar-refractivity contribution in [3.05, 3.63) is 47.8 Å². The van der Waals surface area contributed by atoms with Crippen LogP contribution in [-0.2, 0) is 18.8 Å². The summed E-state index contributed by atoms with van der Waals surface area (Å²) in [7, 11) is 3.74. The fourth-order valence-corrected chi connectivity index (χ4v) is 4.82. The van der Waals surface area contributed by atoms with Crippen LogP contribution in [0.1, 0.15) is 36.7 Å². The Morgan fingerprint density at radius 1 is 0.946 bits per heavy atom. The molecular formula is C27H33N7O3. The normalized spacial score (nSPS) is 14.4. The van der Waals surface area contributed by atoms with Crippen molar-refractivity contribution in [1.82, 2.24) is 24.5 Å². The Morgan fingerprint density at radius 2 is 1.62 bits per heavy atom. The molecular weight excluding hydrogens is 470 g/mol. The minimum atomic E-state index is -0.519. The van der Waals surface area contributed by atoms with Crippen molar-refractivity contribution in [2.24, 2.45) is 14.1 Å². The third kappa shape index (κ3) is 4.96. The topological polar surface area (TPSA) is 97.5 Å². The molecule has 10 heteroatoms. The summed E-state index contributed by atoms with van der Waals surface area (Å²) in [6.45, 7) is 10.1. The third-order valence-electron chi connectivity index (χ3n) is 6.46. The molecule has 2 amide bonds. The van der Waals surface area contributed by atoms with Crippen LogP contribution in [0.25, 0.3) is 21.8 Å². The Labute approximate surface area is 215 Å². The first-order valence-electron chi connectivity index (χ1n) is 12.4. The van der Waals surface area contributed by atoms with Gasteiger partial charge in [0, 0.05) is 74.8 Å². The molecule has 0 bridgehead atoms. The Morgan fingerprint density at radius 3 is 2.32 bits per heavy atom. The molecule has 3 heterocycles. The maximum Gasteiger partial charge on any atom is 0.410 e. The number of aryl methyl sites for hydroxylation is 3. The first kappa shape index (κ1) is 24.6. The maximum atomic E-state index is 13.4. The largest absolute Gasteiger partial charge is 0.444 e. The molecule has 0 aliphatic carbocycles. The van der Waals surface area contributed by atoms with E-state index < -0.39 is 5.60 Å². The van der Waals surface area contributed by atoms with Crippen LogP contribution in [0, 0.1) is 6.92 Å². The fraction of sp³-hybridized carbons (Fsp3) is 0.407. The molecule has 5 rings (SSSR count). The van der Waals surface area contributed by atoms with Crippen LogP contribution in [0.5, 0.6) is 0 Å². The highest BCUT2D eigenvalue weighted by Gasteiger charge is 2.27. The van der Waals surface area contributed by atoms with Crippen molar-refractivity contribution >= 4 is 45.2 Å². The summed E-state index contributed by atoms with van der Waals surface area (Å²) in [6.07, 6.45) is 3.59. The first-order valence-corrected chi connectivity index (χ1v) is 12.4. The molecule has 0 radical (unpaired) electrons. The van der Waals surface area contributed by atoms with Crippen LogP contribution in [0.4, 0.5) is 16.2 Å². The van der Waals surface area contributed by atoms with E-state index in [1.807, 2.05) is 78.4 Å². The van der Waals surface area contributed by atoms with Gasteiger partial charge in [-0.05, 0) is 57.5 Å². The lowest BCUT2D eigenvalue weighted by molar-refractivity contribution is 0.0240. The van der Waals surface area contributed by atoms with E-state index in [-0.39, 0.29) is 12.0 Å². The number of nitrogens with one attached hydrogen (secondary N) is 1. The van der Waals surface area contributed by atoms with E-state index in [1.54, 1.807) is 14.3 Å². The molecule has 0 spiro atoms. The van der Waals surface area contributed by atoms with E-state index in [1.165, 1.54) is 0 Å². The predicted octanol–water partition coefficient (Wildman–Crippen LogP) is 4.08. The molecule has 4 aromatic rings. The Kier molecular flexibility index (Phi) is 6.05. The van der Waals surface area contributed by atoms with Crippen LogP contribution in [0.15, 0.2) is 36.7 Å². The quantitative estimate of drug-likeness (QED) is 0.453. The van der Waals surface area contributed by atoms with Gasteiger partial charge in [0.2, 0.25) is 0 Å². The highest BCUT2D eigenvalue weighted by atomic mass is 16.6. The van der Waals surface area contributed by atoms with Gasteiger partial charge in [-0.25, -0.2) is 4.79 Å². The Balaban J connectivity index is 1.37. The van der Waals surface area contributed by atoms with Crippen molar-refractivity contribution in [3.63, 3.8) is 0 Å². The molecule has 2 aromatic carbocycles. The lowest BCUT2D eigenvalue weighted by Gasteiger charge is -2.37. The van der Waals surface area contributed by atoms with Gasteiger partial charge in [-0.2, -0.15) is 10.2 Å². The van der Waals surface area contributed by atoms with Crippen molar-refractivity contribution in [2.45, 2.75) is 33.3 Å². The van der Waals surface area contributed by atoms with E-state index in [4.69, 9.17) is 4.74 Å². The summed E-state index contributed by atoms with van der Waals surface area (Å²) in [5.41, 5.74) is 4.27. The van der Waals surface area contributed by atoms with Crippen LogP contribution in [-0.4, -0.2) is 68.2 Å². The number of rotatable bonds is 3. The number of carbonyl (C=O) groups is 2. The number of amides is 2. The summed E-state index contributed by atoms with van der Waals surface area (Å²) < 4.78 is 9.02. The summed E-state index contributed by atoms with van der Waals surface area (Å²) in [6, 6.07) is 7.66. The van der Waals surface area contributed by atoms with Gasteiger partial charge in [0.05, 0.1) is 11.1 Å². The molecule has 0 unspecified atom stereocenters. The van der Waals surface area contributed by atoms with Gasteiger partial charge in [-0.15, -0.1) is 0 Å². The molecule has 1 fully saturated rings. The summed E-state index contributed by atoms with van der Waals surface area (Å²) >= 11 is 0. The van der Waals surface area contributed by atoms with Gasteiger partial charge in [0.25, 0.3) is 5.91 Å². The molecule has 0 atom stereocenters. The molecule has 10 nitrogen and oxygen atoms in total. The maximum absolute atomic E-state index is 13.4. The fourth-order valence-electron chi connectivity index (χ4n) is 4.82. The van der Waals surface area contributed by atoms with Crippen LogP contribution in [0.2, 0.25) is 0 Å². The molecule has 1 aliphatic rings. The minimum Gasteiger partial charge on any atom is -0.444 e. The zero-order chi connectivity index (χ0) is 26.5. The average molecular weight is 504 g/mol. The lowest BCUT2D eigenvalue weighted by atomic mass is 10.1. The molecule has 1 aliphatic heterocycles. The number of aromatic nitrogens is 4. The third-order valence-corrected chi connectivity index (χ3v) is 6.46. The highest BCUT2D eigenvalue weighted by molar-refractivity contribution is 6.14. The number of hydrogen-bond acceptors (Lipinski definition) is 6. The SMILES string of the molecule is Cc1cc(NC(=O)c2ccc(N3CCN(C(=O)OC(C)(C)C)CC3)c3cn(C)nc23)cc2cn(C)nc12. The lowest BCUT2D eigenvalue weighted by Crippen LogP contribution is -2.50. The average Bonchev–Trinajstić information content (AvgIpc) is 3.39. The van der Waals surface area contributed by atoms with Gasteiger partial charge in [0.15, 0.2) is 0 Å². The van der Waals surface area contributed by atoms with E-state index >= 15 is 0 Å². The second-order valence-electron chi connectivity index (χ2n) is 10.6. The van der Waals surface area contributed by atoms with Crippen LogP contribution in [0.3, 0.4) is 0 Å². The number of piperazine rings is 1. The zero-order valence-corrected chi connectivity index (χ0v) is 22.2. The Hall–Kier alpha value is -4.08. The van der Waals surface area contributed by atoms with E-state index in [9.17, 15) is 9.59 Å². The number of hydrogen-bond donors (Lipinski definition) is 1. The molecule has 1 saturated heterocycles. The number of fused-ring (bicyclic) bond motifs is 2. The van der Waals surface area contributed by atoms with Crippen molar-refractivity contribution in [1.29, 1.82) is 0 Å². The number of carbonyl (C=O) groups excluding carboxylic acids is 2. The molecule has 194 valence electrons.